The SMILES string of the molecule is C#CCOCCOCCOCCN.C#CCOCCOCCOCCNc1cccc2c1C(=O)N(C1CCC(=O)NC1=O)C2=O.O=C1CCC(N2C(=O)c3cccc(F)c3C2=O)C(=O)N1. The highest BCUT2D eigenvalue weighted by Crippen LogP contribution is 2.32. The summed E-state index contributed by atoms with van der Waals surface area (Å²) in [6.07, 6.45) is 10.3. The molecule has 6 rings (SSSR count). The van der Waals surface area contributed by atoms with E-state index in [1.807, 2.05) is 0 Å². The Labute approximate surface area is 374 Å². The van der Waals surface area contributed by atoms with Gasteiger partial charge in [-0.2, -0.15) is 0 Å². The summed E-state index contributed by atoms with van der Waals surface area (Å²) in [5.74, 6) is -0.900. The number of terminal acetylenes is 2. The fourth-order valence-electron chi connectivity index (χ4n) is 6.62. The Balaban J connectivity index is 0.000000238. The largest absolute Gasteiger partial charge is 0.382 e. The van der Waals surface area contributed by atoms with Crippen molar-refractivity contribution in [2.45, 2.75) is 37.8 Å². The van der Waals surface area contributed by atoms with E-state index in [9.17, 15) is 42.7 Å². The fourth-order valence-corrected chi connectivity index (χ4v) is 6.62. The quantitative estimate of drug-likeness (QED) is 0.0691. The number of carbonyl (C=O) groups excluding carboxylic acids is 8. The first-order valence-electron chi connectivity index (χ1n) is 20.6. The zero-order valence-electron chi connectivity index (χ0n) is 35.6. The Hall–Kier alpha value is -6.43. The molecule has 2 aromatic rings. The summed E-state index contributed by atoms with van der Waals surface area (Å²) in [6, 6.07) is 6.59. The third-order valence-electron chi connectivity index (χ3n) is 9.57. The summed E-state index contributed by atoms with van der Waals surface area (Å²) in [5, 5.41) is 7.36. The molecule has 2 aromatic carbocycles. The van der Waals surface area contributed by atoms with Crippen molar-refractivity contribution in [3.63, 3.8) is 0 Å². The van der Waals surface area contributed by atoms with Gasteiger partial charge in [0.1, 0.15) is 31.1 Å². The summed E-state index contributed by atoms with van der Waals surface area (Å²) in [6.45, 7) is 6.37. The molecular formula is C44H51FN6O14. The van der Waals surface area contributed by atoms with Crippen LogP contribution in [0.2, 0.25) is 0 Å². The van der Waals surface area contributed by atoms with E-state index in [0.717, 1.165) is 15.9 Å². The molecule has 2 atom stereocenters. The number of halogens is 1. The van der Waals surface area contributed by atoms with E-state index >= 15 is 0 Å². The molecule has 4 heterocycles. The number of ether oxygens (including phenoxy) is 6. The van der Waals surface area contributed by atoms with Gasteiger partial charge in [-0.1, -0.05) is 24.0 Å². The smallest absolute Gasteiger partial charge is 0.265 e. The molecule has 4 aliphatic heterocycles. The van der Waals surface area contributed by atoms with Gasteiger partial charge >= 0.3 is 0 Å². The molecule has 4 aliphatic rings. The Morgan fingerprint density at radius 1 is 0.600 bits per heavy atom. The number of imide groups is 4. The Kier molecular flexibility index (Phi) is 21.3. The molecular weight excluding hydrogens is 856 g/mol. The number of carbonyl (C=O) groups is 8. The number of nitrogens with two attached hydrogens (primary N) is 1. The van der Waals surface area contributed by atoms with Gasteiger partial charge in [-0.3, -0.25) is 58.8 Å². The predicted octanol–water partition coefficient (Wildman–Crippen LogP) is 0.0377. The first-order valence-corrected chi connectivity index (χ1v) is 20.6. The lowest BCUT2D eigenvalue weighted by Gasteiger charge is -2.27. The van der Waals surface area contributed by atoms with E-state index in [-0.39, 0.29) is 54.5 Å². The van der Waals surface area contributed by atoms with E-state index in [0.29, 0.717) is 91.5 Å². The molecule has 2 fully saturated rings. The predicted molar refractivity (Wildman–Crippen MR) is 226 cm³/mol. The number of benzene rings is 2. The molecule has 20 nitrogen and oxygen atoms in total. The maximum absolute atomic E-state index is 13.7. The first-order chi connectivity index (χ1) is 31.5. The highest BCUT2D eigenvalue weighted by molar-refractivity contribution is 6.26. The number of anilines is 1. The molecule has 0 bridgehead atoms. The lowest BCUT2D eigenvalue weighted by Crippen LogP contribution is -2.54. The van der Waals surface area contributed by atoms with E-state index in [4.69, 9.17) is 47.0 Å². The molecule has 0 spiro atoms. The highest BCUT2D eigenvalue weighted by atomic mass is 19.1. The average molecular weight is 907 g/mol. The molecule has 21 heteroatoms. The van der Waals surface area contributed by atoms with Gasteiger partial charge < -0.3 is 39.5 Å². The molecule has 65 heavy (non-hydrogen) atoms. The molecule has 0 aromatic heterocycles. The second-order valence-electron chi connectivity index (χ2n) is 14.0. The van der Waals surface area contributed by atoms with Crippen molar-refractivity contribution in [3.05, 3.63) is 64.5 Å². The van der Waals surface area contributed by atoms with E-state index in [1.165, 1.54) is 12.1 Å². The van der Waals surface area contributed by atoms with E-state index in [1.54, 1.807) is 18.2 Å². The zero-order chi connectivity index (χ0) is 47.1. The molecule has 0 saturated carbocycles. The maximum atomic E-state index is 13.7. The van der Waals surface area contributed by atoms with Gasteiger partial charge in [-0.05, 0) is 37.1 Å². The van der Waals surface area contributed by atoms with Gasteiger partial charge in [0, 0.05) is 31.6 Å². The normalized spacial score (nSPS) is 17.5. The van der Waals surface area contributed by atoms with Crippen LogP contribution in [-0.2, 0) is 47.6 Å². The minimum atomic E-state index is -1.07. The Bertz CT molecular complexity index is 2140. The van der Waals surface area contributed by atoms with Crippen LogP contribution in [0.5, 0.6) is 0 Å². The van der Waals surface area contributed by atoms with Crippen molar-refractivity contribution >= 4 is 52.9 Å². The zero-order valence-corrected chi connectivity index (χ0v) is 35.6. The summed E-state index contributed by atoms with van der Waals surface area (Å²) in [5.41, 5.74) is 5.78. The van der Waals surface area contributed by atoms with Gasteiger partial charge in [0.2, 0.25) is 23.6 Å². The lowest BCUT2D eigenvalue weighted by molar-refractivity contribution is -0.137. The fraction of sp³-hybridized carbons (Fsp3) is 0.455. The Morgan fingerprint density at radius 3 is 1.49 bits per heavy atom. The third-order valence-corrected chi connectivity index (χ3v) is 9.57. The number of hydrogen-bond donors (Lipinski definition) is 4. The van der Waals surface area contributed by atoms with Crippen LogP contribution in [0.1, 0.15) is 67.1 Å². The van der Waals surface area contributed by atoms with Crippen LogP contribution in [0.3, 0.4) is 0 Å². The van der Waals surface area contributed by atoms with Gasteiger partial charge in [0.05, 0.1) is 88.3 Å². The van der Waals surface area contributed by atoms with Crippen molar-refractivity contribution < 1.29 is 71.2 Å². The molecule has 8 amide bonds. The molecule has 348 valence electrons. The van der Waals surface area contributed by atoms with Crippen molar-refractivity contribution in [3.8, 4) is 24.7 Å². The first kappa shape index (κ1) is 51.2. The topological polar surface area (TPSA) is 261 Å². The van der Waals surface area contributed by atoms with Gasteiger partial charge in [-0.25, -0.2) is 4.39 Å². The highest BCUT2D eigenvalue weighted by Gasteiger charge is 2.47. The third kappa shape index (κ3) is 14.5. The molecule has 0 radical (unpaired) electrons. The van der Waals surface area contributed by atoms with Gasteiger partial charge in [0.25, 0.3) is 23.6 Å². The molecule has 0 aliphatic carbocycles. The summed E-state index contributed by atoms with van der Waals surface area (Å²) in [4.78, 5) is 98.2. The number of rotatable bonds is 22. The average Bonchev–Trinajstić information content (AvgIpc) is 3.70. The number of nitrogens with one attached hydrogen (secondary N) is 3. The van der Waals surface area contributed by atoms with Crippen molar-refractivity contribution in [2.75, 3.05) is 97.7 Å². The molecule has 5 N–H and O–H groups in total. The van der Waals surface area contributed by atoms with Crippen LogP contribution < -0.4 is 21.7 Å². The minimum absolute atomic E-state index is 0.0340. The van der Waals surface area contributed by atoms with Crippen molar-refractivity contribution in [1.82, 2.24) is 20.4 Å². The second-order valence-corrected chi connectivity index (χ2v) is 14.0. The Morgan fingerprint density at radius 2 is 1.03 bits per heavy atom. The van der Waals surface area contributed by atoms with Crippen molar-refractivity contribution in [1.29, 1.82) is 0 Å². The monoisotopic (exact) mass is 906 g/mol. The van der Waals surface area contributed by atoms with Crippen LogP contribution in [0.25, 0.3) is 0 Å². The lowest BCUT2D eigenvalue weighted by atomic mass is 10.0. The van der Waals surface area contributed by atoms with Crippen molar-refractivity contribution in [2.24, 2.45) is 5.73 Å². The molecule has 2 unspecified atom stereocenters. The van der Waals surface area contributed by atoms with Gasteiger partial charge in [0.15, 0.2) is 0 Å². The maximum Gasteiger partial charge on any atom is 0.265 e. The van der Waals surface area contributed by atoms with Crippen LogP contribution in [0.15, 0.2) is 36.4 Å². The second kappa shape index (κ2) is 27.0. The number of piperidine rings is 2. The van der Waals surface area contributed by atoms with Gasteiger partial charge in [-0.15, -0.1) is 12.8 Å². The number of amides is 8. The van der Waals surface area contributed by atoms with Crippen LogP contribution >= 0.6 is 0 Å². The summed E-state index contributed by atoms with van der Waals surface area (Å²) < 4.78 is 44.8. The van der Waals surface area contributed by atoms with E-state index in [2.05, 4.69) is 27.8 Å². The van der Waals surface area contributed by atoms with Crippen LogP contribution in [-0.4, -0.2) is 162 Å². The van der Waals surface area contributed by atoms with E-state index < -0.39 is 65.2 Å². The van der Waals surface area contributed by atoms with Crippen LogP contribution in [0.4, 0.5) is 10.1 Å². The number of nitrogens with zero attached hydrogens (tertiary/aromatic N) is 2. The number of fused-ring (bicyclic) bond motifs is 2. The van der Waals surface area contributed by atoms with Crippen LogP contribution in [0, 0.1) is 30.5 Å². The summed E-state index contributed by atoms with van der Waals surface area (Å²) >= 11 is 0. The minimum Gasteiger partial charge on any atom is -0.382 e. The molecule has 2 saturated heterocycles. The number of hydrogen-bond acceptors (Lipinski definition) is 16. The summed E-state index contributed by atoms with van der Waals surface area (Å²) in [7, 11) is 0. The standard InChI is InChI=1S/C22H25N3O7.C13H9FN2O4.C9H17NO3/c1-2-9-30-11-13-32-14-12-31-10-8-23-16-5-3-4-15-19(16)22(29)25(21(15)28)17-6-7-18(26)24-20(17)27;14-7-3-1-2-6-10(7)13(20)16(12(6)19)8-4-5-9(17)15-11(8)18;1-2-4-11-6-8-13-9-7-12-5-3-10/h1,3-5,17,23H,6-14H2,(H,24,26,27);1-3,8H,4-5H2,(H,15,17,18);1H,3-10H2.